The lowest BCUT2D eigenvalue weighted by atomic mass is 9.94. The molecular formula is C16H22F2O3. The molecule has 2 atom stereocenters. The average molecular weight is 300 g/mol. The van der Waals surface area contributed by atoms with Crippen LogP contribution in [0, 0.1) is 5.92 Å². The van der Waals surface area contributed by atoms with Crippen LogP contribution in [0.5, 0.6) is 0 Å². The van der Waals surface area contributed by atoms with Crippen molar-refractivity contribution in [3.05, 3.63) is 35.4 Å². The SMILES string of the molecule is CCCCc1ccc(C(O)C(C(=O)OCC)C(F)F)cc1. The van der Waals surface area contributed by atoms with Crippen LogP contribution in [-0.2, 0) is 16.0 Å². The Morgan fingerprint density at radius 1 is 1.24 bits per heavy atom. The minimum Gasteiger partial charge on any atom is -0.466 e. The van der Waals surface area contributed by atoms with E-state index < -0.39 is 24.4 Å². The molecule has 21 heavy (non-hydrogen) atoms. The molecule has 0 aliphatic rings. The molecule has 0 aliphatic heterocycles. The van der Waals surface area contributed by atoms with E-state index in [1.165, 1.54) is 6.92 Å². The molecule has 0 amide bonds. The van der Waals surface area contributed by atoms with Gasteiger partial charge in [-0.3, -0.25) is 4.79 Å². The summed E-state index contributed by atoms with van der Waals surface area (Å²) in [5.41, 5.74) is 1.38. The van der Waals surface area contributed by atoms with Gasteiger partial charge in [0.05, 0.1) is 12.7 Å². The smallest absolute Gasteiger partial charge is 0.317 e. The highest BCUT2D eigenvalue weighted by atomic mass is 19.3. The van der Waals surface area contributed by atoms with E-state index in [4.69, 9.17) is 0 Å². The van der Waals surface area contributed by atoms with Crippen LogP contribution in [0.2, 0.25) is 0 Å². The summed E-state index contributed by atoms with van der Waals surface area (Å²) in [6, 6.07) is 6.76. The van der Waals surface area contributed by atoms with Crippen molar-refractivity contribution < 1.29 is 23.4 Å². The molecule has 0 spiro atoms. The van der Waals surface area contributed by atoms with Gasteiger partial charge >= 0.3 is 5.97 Å². The van der Waals surface area contributed by atoms with E-state index in [1.807, 2.05) is 0 Å². The van der Waals surface area contributed by atoms with Crippen molar-refractivity contribution in [2.24, 2.45) is 5.92 Å². The Morgan fingerprint density at radius 2 is 1.86 bits per heavy atom. The third-order valence-corrected chi connectivity index (χ3v) is 3.31. The second-order valence-corrected chi connectivity index (χ2v) is 4.90. The van der Waals surface area contributed by atoms with Crippen molar-refractivity contribution in [1.82, 2.24) is 0 Å². The molecule has 2 unspecified atom stereocenters. The largest absolute Gasteiger partial charge is 0.466 e. The summed E-state index contributed by atoms with van der Waals surface area (Å²) >= 11 is 0. The number of ether oxygens (including phenoxy) is 1. The number of benzene rings is 1. The molecule has 0 saturated carbocycles. The summed E-state index contributed by atoms with van der Waals surface area (Å²) in [5.74, 6) is -2.93. The van der Waals surface area contributed by atoms with Crippen molar-refractivity contribution in [2.45, 2.75) is 45.6 Å². The van der Waals surface area contributed by atoms with E-state index in [1.54, 1.807) is 24.3 Å². The first kappa shape index (κ1) is 17.6. The normalized spacial score (nSPS) is 14.0. The van der Waals surface area contributed by atoms with Gasteiger partial charge in [-0.15, -0.1) is 0 Å². The van der Waals surface area contributed by atoms with E-state index in [2.05, 4.69) is 11.7 Å². The van der Waals surface area contributed by atoms with E-state index in [9.17, 15) is 18.7 Å². The van der Waals surface area contributed by atoms with E-state index in [-0.39, 0.29) is 6.61 Å². The summed E-state index contributed by atoms with van der Waals surface area (Å²) < 4.78 is 30.6. The second kappa shape index (κ2) is 8.72. The maximum absolute atomic E-state index is 13.0. The molecule has 0 bridgehead atoms. The van der Waals surface area contributed by atoms with E-state index >= 15 is 0 Å². The molecule has 0 aliphatic carbocycles. The third kappa shape index (κ3) is 5.08. The van der Waals surface area contributed by atoms with Crippen molar-refractivity contribution >= 4 is 5.97 Å². The third-order valence-electron chi connectivity index (χ3n) is 3.31. The molecule has 0 fully saturated rings. The zero-order valence-corrected chi connectivity index (χ0v) is 12.4. The molecule has 118 valence electrons. The molecule has 0 heterocycles. The molecule has 1 N–H and O–H groups in total. The quantitative estimate of drug-likeness (QED) is 0.747. The van der Waals surface area contributed by atoms with Crippen molar-refractivity contribution in [3.8, 4) is 0 Å². The van der Waals surface area contributed by atoms with Crippen LogP contribution in [0.4, 0.5) is 8.78 Å². The highest BCUT2D eigenvalue weighted by molar-refractivity contribution is 5.73. The van der Waals surface area contributed by atoms with Gasteiger partial charge in [-0.1, -0.05) is 37.6 Å². The summed E-state index contributed by atoms with van der Waals surface area (Å²) in [5, 5.41) is 10.0. The van der Waals surface area contributed by atoms with Crippen LogP contribution >= 0.6 is 0 Å². The highest BCUT2D eigenvalue weighted by Crippen LogP contribution is 2.28. The average Bonchev–Trinajstić information content (AvgIpc) is 2.45. The number of carbonyl (C=O) groups excluding carboxylic acids is 1. The number of aryl methyl sites for hydroxylation is 1. The van der Waals surface area contributed by atoms with Gasteiger partial charge in [0, 0.05) is 0 Å². The molecule has 5 heteroatoms. The van der Waals surface area contributed by atoms with E-state index in [0.717, 1.165) is 24.8 Å². The zero-order chi connectivity index (χ0) is 15.8. The van der Waals surface area contributed by atoms with Gasteiger partial charge in [-0.25, -0.2) is 8.78 Å². The van der Waals surface area contributed by atoms with Crippen molar-refractivity contribution in [1.29, 1.82) is 0 Å². The molecule has 1 aromatic rings. The zero-order valence-electron chi connectivity index (χ0n) is 12.4. The Hall–Kier alpha value is -1.49. The van der Waals surface area contributed by atoms with Crippen LogP contribution in [0.3, 0.4) is 0 Å². The number of esters is 1. The topological polar surface area (TPSA) is 46.5 Å². The molecule has 3 nitrogen and oxygen atoms in total. The second-order valence-electron chi connectivity index (χ2n) is 4.90. The Bertz CT molecular complexity index is 432. The van der Waals surface area contributed by atoms with Crippen LogP contribution in [0.1, 0.15) is 43.9 Å². The predicted molar refractivity (Wildman–Crippen MR) is 76.1 cm³/mol. The number of rotatable bonds is 8. The van der Waals surface area contributed by atoms with Crippen LogP contribution in [-0.4, -0.2) is 24.1 Å². The fourth-order valence-electron chi connectivity index (χ4n) is 2.08. The first-order valence-corrected chi connectivity index (χ1v) is 7.22. The van der Waals surface area contributed by atoms with Gasteiger partial charge in [-0.2, -0.15) is 0 Å². The minimum atomic E-state index is -2.97. The van der Waals surface area contributed by atoms with Crippen molar-refractivity contribution in [2.75, 3.05) is 6.61 Å². The first-order valence-electron chi connectivity index (χ1n) is 7.22. The molecule has 1 aromatic carbocycles. The van der Waals surface area contributed by atoms with E-state index in [0.29, 0.717) is 5.56 Å². The number of hydrogen-bond acceptors (Lipinski definition) is 3. The molecule has 0 saturated heterocycles. The maximum atomic E-state index is 13.0. The predicted octanol–water partition coefficient (Wildman–Crippen LogP) is 3.51. The van der Waals surface area contributed by atoms with Crippen molar-refractivity contribution in [3.63, 3.8) is 0 Å². The monoisotopic (exact) mass is 300 g/mol. The Morgan fingerprint density at radius 3 is 2.33 bits per heavy atom. The number of carbonyl (C=O) groups is 1. The lowest BCUT2D eigenvalue weighted by Crippen LogP contribution is -2.30. The number of unbranched alkanes of at least 4 members (excludes halogenated alkanes) is 1. The fraction of sp³-hybridized carbons (Fsp3) is 0.562. The van der Waals surface area contributed by atoms with Crippen LogP contribution in [0.15, 0.2) is 24.3 Å². The van der Waals surface area contributed by atoms with Gasteiger partial charge in [0.25, 0.3) is 6.43 Å². The first-order chi connectivity index (χ1) is 10.0. The van der Waals surface area contributed by atoms with Crippen LogP contribution < -0.4 is 0 Å². The van der Waals surface area contributed by atoms with Crippen LogP contribution in [0.25, 0.3) is 0 Å². The summed E-state index contributed by atoms with van der Waals surface area (Å²) in [6.07, 6.45) is -1.52. The van der Waals surface area contributed by atoms with Gasteiger partial charge in [0.2, 0.25) is 0 Å². The number of halogens is 2. The summed E-state index contributed by atoms with van der Waals surface area (Å²) in [7, 11) is 0. The minimum absolute atomic E-state index is 0.00469. The van der Waals surface area contributed by atoms with Gasteiger partial charge in [0.15, 0.2) is 0 Å². The number of aliphatic hydroxyl groups excluding tert-OH is 1. The number of aliphatic hydroxyl groups is 1. The lowest BCUT2D eigenvalue weighted by Gasteiger charge is -2.21. The summed E-state index contributed by atoms with van der Waals surface area (Å²) in [6.45, 7) is 3.63. The molecule has 0 aromatic heterocycles. The molecule has 0 radical (unpaired) electrons. The van der Waals surface area contributed by atoms with Gasteiger partial charge < -0.3 is 9.84 Å². The lowest BCUT2D eigenvalue weighted by molar-refractivity contribution is -0.160. The number of hydrogen-bond donors (Lipinski definition) is 1. The Balaban J connectivity index is 2.83. The maximum Gasteiger partial charge on any atom is 0.317 e. The standard InChI is InChI=1S/C16H22F2O3/c1-3-5-6-11-7-9-12(10-8-11)14(19)13(15(17)18)16(20)21-4-2/h7-10,13-15,19H,3-6H2,1-2H3. The van der Waals surface area contributed by atoms with Gasteiger partial charge in [0.1, 0.15) is 5.92 Å². The summed E-state index contributed by atoms with van der Waals surface area (Å²) in [4.78, 5) is 11.5. The highest BCUT2D eigenvalue weighted by Gasteiger charge is 2.37. The molecule has 1 rings (SSSR count). The number of alkyl halides is 2. The Labute approximate surface area is 123 Å². The van der Waals surface area contributed by atoms with Gasteiger partial charge in [-0.05, 0) is 30.9 Å². The molecular weight excluding hydrogens is 278 g/mol. The fourth-order valence-corrected chi connectivity index (χ4v) is 2.08. The Kier molecular flexibility index (Phi) is 7.29.